The quantitative estimate of drug-likeness (QED) is 0.493. The predicted octanol–water partition coefficient (Wildman–Crippen LogP) is 6.15. The summed E-state index contributed by atoms with van der Waals surface area (Å²) in [5, 5.41) is 9.95. The van der Waals surface area contributed by atoms with Gasteiger partial charge in [0, 0.05) is 10.6 Å². The van der Waals surface area contributed by atoms with E-state index < -0.39 is 5.97 Å². The number of rotatable bonds is 5. The van der Waals surface area contributed by atoms with Crippen molar-refractivity contribution < 1.29 is 14.7 Å². The summed E-state index contributed by atoms with van der Waals surface area (Å²) in [4.78, 5) is 26.8. The molecule has 0 radical (unpaired) electrons. The van der Waals surface area contributed by atoms with Gasteiger partial charge in [-0.2, -0.15) is 0 Å². The van der Waals surface area contributed by atoms with E-state index in [0.717, 1.165) is 28.0 Å². The lowest BCUT2D eigenvalue weighted by Gasteiger charge is -2.19. The second-order valence-electron chi connectivity index (χ2n) is 7.86. The van der Waals surface area contributed by atoms with Gasteiger partial charge in [-0.3, -0.25) is 4.79 Å². The number of hydrogen-bond donors (Lipinski definition) is 1. The minimum Gasteiger partial charge on any atom is -0.478 e. The molecule has 1 N–H and O–H groups in total. The van der Waals surface area contributed by atoms with E-state index in [4.69, 9.17) is 11.6 Å². The summed E-state index contributed by atoms with van der Waals surface area (Å²) in [7, 11) is 0. The van der Waals surface area contributed by atoms with Crippen LogP contribution in [0.3, 0.4) is 0 Å². The average molecular weight is 432 g/mol. The van der Waals surface area contributed by atoms with Crippen LogP contribution in [0.2, 0.25) is 5.02 Å². The maximum absolute atomic E-state index is 13.7. The summed E-state index contributed by atoms with van der Waals surface area (Å²) < 4.78 is 0. The molecule has 5 heteroatoms. The zero-order chi connectivity index (χ0) is 22.1. The molecule has 0 spiro atoms. The number of carbonyl (C=O) groups is 2. The molecule has 31 heavy (non-hydrogen) atoms. The second kappa shape index (κ2) is 8.40. The number of hydrogen-bond acceptors (Lipinski definition) is 2. The van der Waals surface area contributed by atoms with E-state index in [2.05, 4.69) is 13.8 Å². The first-order chi connectivity index (χ1) is 14.9. The Morgan fingerprint density at radius 1 is 0.968 bits per heavy atom. The van der Waals surface area contributed by atoms with Gasteiger partial charge in [0.25, 0.3) is 5.91 Å². The molecular formula is C26H22ClNO3. The first-order valence-electron chi connectivity index (χ1n) is 10.1. The molecule has 1 aliphatic rings. The fourth-order valence-corrected chi connectivity index (χ4v) is 4.20. The summed E-state index contributed by atoms with van der Waals surface area (Å²) in [6, 6.07) is 22.0. The SMILES string of the molecule is CC(C)/C(=C1\C(=O)N(Cc2cccc(C(=O)O)c2)c2ccccc21)c1ccc(Cl)cc1. The molecule has 1 aliphatic heterocycles. The van der Waals surface area contributed by atoms with Gasteiger partial charge < -0.3 is 10.0 Å². The highest BCUT2D eigenvalue weighted by Gasteiger charge is 2.35. The van der Waals surface area contributed by atoms with Crippen molar-refractivity contribution in [1.82, 2.24) is 0 Å². The number of nitrogens with zero attached hydrogens (tertiary/aromatic N) is 1. The fraction of sp³-hybridized carbons (Fsp3) is 0.154. The van der Waals surface area contributed by atoms with Crippen LogP contribution in [0.5, 0.6) is 0 Å². The van der Waals surface area contributed by atoms with Gasteiger partial charge in [0.2, 0.25) is 0 Å². The molecule has 1 amide bonds. The van der Waals surface area contributed by atoms with Crippen molar-refractivity contribution in [2.45, 2.75) is 20.4 Å². The summed E-state index contributed by atoms with van der Waals surface area (Å²) in [5.41, 5.74) is 5.31. The molecule has 0 aromatic heterocycles. The number of fused-ring (bicyclic) bond motifs is 1. The Kier molecular flexibility index (Phi) is 5.66. The predicted molar refractivity (Wildman–Crippen MR) is 124 cm³/mol. The summed E-state index contributed by atoms with van der Waals surface area (Å²) in [6.07, 6.45) is 0. The van der Waals surface area contributed by atoms with Gasteiger partial charge in [-0.15, -0.1) is 0 Å². The van der Waals surface area contributed by atoms with Crippen LogP contribution in [0.4, 0.5) is 5.69 Å². The van der Waals surface area contributed by atoms with Gasteiger partial charge in [0.1, 0.15) is 0 Å². The molecule has 4 nitrogen and oxygen atoms in total. The molecular weight excluding hydrogens is 410 g/mol. The molecule has 0 bridgehead atoms. The Bertz CT molecular complexity index is 1200. The third kappa shape index (κ3) is 3.99. The molecule has 0 saturated heterocycles. The highest BCUT2D eigenvalue weighted by Crippen LogP contribution is 2.43. The molecule has 4 rings (SSSR count). The molecule has 0 aliphatic carbocycles. The summed E-state index contributed by atoms with van der Waals surface area (Å²) in [5.74, 6) is -0.954. The van der Waals surface area contributed by atoms with Crippen LogP contribution in [0.15, 0.2) is 72.8 Å². The van der Waals surface area contributed by atoms with Gasteiger partial charge in [-0.25, -0.2) is 4.79 Å². The first kappa shape index (κ1) is 20.9. The van der Waals surface area contributed by atoms with Crippen LogP contribution in [-0.2, 0) is 11.3 Å². The summed E-state index contributed by atoms with van der Waals surface area (Å²) in [6.45, 7) is 4.45. The molecule has 156 valence electrons. The van der Waals surface area contributed by atoms with Crippen molar-refractivity contribution in [1.29, 1.82) is 0 Å². The second-order valence-corrected chi connectivity index (χ2v) is 8.30. The standard InChI is InChI=1S/C26H22ClNO3/c1-16(2)23(18-10-12-20(27)13-11-18)24-21-8-3-4-9-22(21)28(25(24)29)15-17-6-5-7-19(14-17)26(30)31/h3-14,16H,15H2,1-2H3,(H,30,31)/b24-23+. The number of anilines is 1. The number of allylic oxidation sites excluding steroid dienone is 1. The van der Waals surface area contributed by atoms with E-state index >= 15 is 0 Å². The van der Waals surface area contributed by atoms with Gasteiger partial charge in [0.05, 0.1) is 23.4 Å². The largest absolute Gasteiger partial charge is 0.478 e. The number of carboxylic acid groups (broad SMARTS) is 1. The van der Waals surface area contributed by atoms with E-state index in [1.165, 1.54) is 0 Å². The monoisotopic (exact) mass is 431 g/mol. The van der Waals surface area contributed by atoms with Crippen LogP contribution >= 0.6 is 11.6 Å². The Hall–Kier alpha value is -3.37. The van der Waals surface area contributed by atoms with Crippen LogP contribution in [0.1, 0.15) is 40.9 Å². The Balaban J connectivity index is 1.84. The topological polar surface area (TPSA) is 57.6 Å². The Morgan fingerprint density at radius 2 is 1.68 bits per heavy atom. The molecule has 0 unspecified atom stereocenters. The number of halogens is 1. The van der Waals surface area contributed by atoms with Crippen LogP contribution in [0, 0.1) is 5.92 Å². The molecule has 3 aromatic rings. The lowest BCUT2D eigenvalue weighted by atomic mass is 9.88. The molecule has 0 saturated carbocycles. The van der Waals surface area contributed by atoms with Crippen molar-refractivity contribution in [3.63, 3.8) is 0 Å². The van der Waals surface area contributed by atoms with Crippen LogP contribution in [0.25, 0.3) is 11.1 Å². The van der Waals surface area contributed by atoms with Crippen molar-refractivity contribution in [2.24, 2.45) is 5.92 Å². The number of carboxylic acids is 1. The third-order valence-corrected chi connectivity index (χ3v) is 5.69. The van der Waals surface area contributed by atoms with Crippen molar-refractivity contribution >= 4 is 40.3 Å². The molecule has 3 aromatic carbocycles. The first-order valence-corrected chi connectivity index (χ1v) is 10.5. The van der Waals surface area contributed by atoms with Gasteiger partial charge in [0.15, 0.2) is 0 Å². The number of amides is 1. The van der Waals surface area contributed by atoms with Gasteiger partial charge in [-0.05, 0) is 52.9 Å². The van der Waals surface area contributed by atoms with Crippen LogP contribution in [-0.4, -0.2) is 17.0 Å². The minimum atomic E-state index is -0.986. The molecule has 1 heterocycles. The Morgan fingerprint density at radius 3 is 2.35 bits per heavy atom. The lowest BCUT2D eigenvalue weighted by Crippen LogP contribution is -2.26. The highest BCUT2D eigenvalue weighted by molar-refractivity contribution is 6.37. The average Bonchev–Trinajstić information content (AvgIpc) is 3.02. The number of benzene rings is 3. The van der Waals surface area contributed by atoms with Crippen LogP contribution < -0.4 is 4.90 Å². The maximum atomic E-state index is 13.7. The van der Waals surface area contributed by atoms with Crippen molar-refractivity contribution in [3.05, 3.63) is 100 Å². The maximum Gasteiger partial charge on any atom is 0.335 e. The molecule has 0 atom stereocenters. The van der Waals surface area contributed by atoms with Gasteiger partial charge >= 0.3 is 5.97 Å². The minimum absolute atomic E-state index is 0.0828. The van der Waals surface area contributed by atoms with E-state index in [-0.39, 0.29) is 17.4 Å². The number of para-hydroxylation sites is 1. The lowest BCUT2D eigenvalue weighted by molar-refractivity contribution is -0.113. The number of carbonyl (C=O) groups excluding carboxylic acids is 1. The van der Waals surface area contributed by atoms with E-state index in [1.54, 1.807) is 23.1 Å². The van der Waals surface area contributed by atoms with Gasteiger partial charge in [-0.1, -0.05) is 67.9 Å². The molecule has 0 fully saturated rings. The van der Waals surface area contributed by atoms with E-state index in [0.29, 0.717) is 17.1 Å². The Labute approximate surface area is 186 Å². The zero-order valence-corrected chi connectivity index (χ0v) is 18.1. The summed E-state index contributed by atoms with van der Waals surface area (Å²) >= 11 is 6.08. The zero-order valence-electron chi connectivity index (χ0n) is 17.3. The highest BCUT2D eigenvalue weighted by atomic mass is 35.5. The fourth-order valence-electron chi connectivity index (χ4n) is 4.08. The smallest absolute Gasteiger partial charge is 0.335 e. The normalized spacial score (nSPS) is 14.7. The van der Waals surface area contributed by atoms with Crippen molar-refractivity contribution in [2.75, 3.05) is 4.90 Å². The van der Waals surface area contributed by atoms with E-state index in [1.807, 2.05) is 54.6 Å². The third-order valence-electron chi connectivity index (χ3n) is 5.44. The number of aromatic carboxylic acids is 1. The van der Waals surface area contributed by atoms with E-state index in [9.17, 15) is 14.7 Å². The van der Waals surface area contributed by atoms with Crippen molar-refractivity contribution in [3.8, 4) is 0 Å².